The molecule has 1 aromatic carbocycles. The molecule has 0 radical (unpaired) electrons. The standard InChI is InChI=1S/C17H13BrN4O3S/c1-17(11-7-8-12(18)26-11)15(23)22(16(24)19-17)9-13-20-21-14(25-13)10-5-3-2-4-6-10/h2-8H,9H2,1H3,(H,19,24). The van der Waals surface area contributed by atoms with Gasteiger partial charge in [-0.2, -0.15) is 0 Å². The van der Waals surface area contributed by atoms with Gasteiger partial charge in [-0.1, -0.05) is 18.2 Å². The highest BCUT2D eigenvalue weighted by molar-refractivity contribution is 9.11. The number of hydrogen-bond acceptors (Lipinski definition) is 6. The van der Waals surface area contributed by atoms with Crippen molar-refractivity contribution in [2.45, 2.75) is 19.0 Å². The number of rotatable bonds is 4. The number of thiophene rings is 1. The molecule has 1 aliphatic rings. The number of carbonyl (C=O) groups excluding carboxylic acids is 2. The number of imide groups is 1. The van der Waals surface area contributed by atoms with E-state index in [2.05, 4.69) is 31.4 Å². The van der Waals surface area contributed by atoms with Crippen LogP contribution < -0.4 is 5.32 Å². The molecule has 132 valence electrons. The van der Waals surface area contributed by atoms with E-state index in [-0.39, 0.29) is 18.3 Å². The van der Waals surface area contributed by atoms with Crippen molar-refractivity contribution in [3.05, 3.63) is 57.0 Å². The highest BCUT2D eigenvalue weighted by atomic mass is 79.9. The molecular weight excluding hydrogens is 420 g/mol. The Morgan fingerprint density at radius 1 is 1.19 bits per heavy atom. The van der Waals surface area contributed by atoms with Crippen LogP contribution in [0.3, 0.4) is 0 Å². The topological polar surface area (TPSA) is 88.3 Å². The maximum absolute atomic E-state index is 12.9. The van der Waals surface area contributed by atoms with Crippen LogP contribution in [0.2, 0.25) is 0 Å². The van der Waals surface area contributed by atoms with Gasteiger partial charge in [0.05, 0.1) is 3.79 Å². The summed E-state index contributed by atoms with van der Waals surface area (Å²) in [6, 6.07) is 12.5. The fraction of sp³-hybridized carbons (Fsp3) is 0.176. The second kappa shape index (κ2) is 6.33. The third kappa shape index (κ3) is 2.82. The van der Waals surface area contributed by atoms with Crippen molar-refractivity contribution in [2.75, 3.05) is 0 Å². The average molecular weight is 433 g/mol. The van der Waals surface area contributed by atoms with Crippen molar-refractivity contribution in [3.8, 4) is 11.5 Å². The van der Waals surface area contributed by atoms with Crippen molar-refractivity contribution < 1.29 is 14.0 Å². The number of amides is 3. The molecule has 0 saturated carbocycles. The summed E-state index contributed by atoms with van der Waals surface area (Å²) in [5.74, 6) is 0.192. The smallest absolute Gasteiger partial charge is 0.325 e. The number of urea groups is 1. The van der Waals surface area contributed by atoms with E-state index in [1.165, 1.54) is 11.3 Å². The summed E-state index contributed by atoms with van der Waals surface area (Å²) in [5.41, 5.74) is -0.326. The lowest BCUT2D eigenvalue weighted by molar-refractivity contribution is -0.131. The number of nitrogens with one attached hydrogen (secondary N) is 1. The molecule has 3 amide bonds. The van der Waals surface area contributed by atoms with Crippen LogP contribution in [0.5, 0.6) is 0 Å². The Labute approximate surface area is 161 Å². The van der Waals surface area contributed by atoms with Gasteiger partial charge in [-0.05, 0) is 47.1 Å². The zero-order valence-corrected chi connectivity index (χ0v) is 16.0. The van der Waals surface area contributed by atoms with Crippen LogP contribution in [0, 0.1) is 0 Å². The Morgan fingerprint density at radius 2 is 1.96 bits per heavy atom. The number of benzene rings is 1. The highest BCUT2D eigenvalue weighted by Gasteiger charge is 2.50. The first kappa shape index (κ1) is 16.9. The summed E-state index contributed by atoms with van der Waals surface area (Å²) in [6.45, 7) is 1.61. The average Bonchev–Trinajstić information content (AvgIpc) is 3.33. The van der Waals surface area contributed by atoms with Gasteiger partial charge in [0, 0.05) is 10.4 Å². The van der Waals surface area contributed by atoms with Crippen molar-refractivity contribution in [1.29, 1.82) is 0 Å². The Kier molecular flexibility index (Phi) is 4.12. The molecule has 0 bridgehead atoms. The number of nitrogens with zero attached hydrogens (tertiary/aromatic N) is 3. The van der Waals surface area contributed by atoms with Gasteiger partial charge in [-0.25, -0.2) is 4.79 Å². The van der Waals surface area contributed by atoms with E-state index >= 15 is 0 Å². The maximum atomic E-state index is 12.9. The van der Waals surface area contributed by atoms with Crippen LogP contribution in [-0.2, 0) is 16.9 Å². The molecule has 1 saturated heterocycles. The molecule has 1 unspecified atom stereocenters. The molecule has 0 spiro atoms. The Hall–Kier alpha value is -2.52. The largest absolute Gasteiger partial charge is 0.419 e. The van der Waals surface area contributed by atoms with Crippen molar-refractivity contribution in [3.63, 3.8) is 0 Å². The van der Waals surface area contributed by atoms with E-state index in [4.69, 9.17) is 4.42 Å². The second-order valence-electron chi connectivity index (χ2n) is 5.92. The van der Waals surface area contributed by atoms with Crippen LogP contribution in [0.4, 0.5) is 4.79 Å². The minimum atomic E-state index is -1.10. The molecule has 7 nitrogen and oxygen atoms in total. The molecule has 1 atom stereocenters. The van der Waals surface area contributed by atoms with Crippen molar-refractivity contribution >= 4 is 39.2 Å². The van der Waals surface area contributed by atoms with Gasteiger partial charge < -0.3 is 9.73 Å². The lowest BCUT2D eigenvalue weighted by Crippen LogP contribution is -2.40. The summed E-state index contributed by atoms with van der Waals surface area (Å²) in [5, 5.41) is 10.7. The molecule has 1 N–H and O–H groups in total. The SMILES string of the molecule is CC1(c2ccc(Br)s2)NC(=O)N(Cc2nnc(-c3ccccc3)o2)C1=O. The molecule has 2 aromatic heterocycles. The first-order valence-corrected chi connectivity index (χ1v) is 9.36. The number of carbonyl (C=O) groups is 2. The summed E-state index contributed by atoms with van der Waals surface area (Å²) in [7, 11) is 0. The van der Waals surface area contributed by atoms with Crippen LogP contribution in [0.15, 0.2) is 50.7 Å². The predicted octanol–water partition coefficient (Wildman–Crippen LogP) is 3.53. The lowest BCUT2D eigenvalue weighted by atomic mass is 10.0. The van der Waals surface area contributed by atoms with E-state index in [0.29, 0.717) is 5.89 Å². The fourth-order valence-corrected chi connectivity index (χ4v) is 4.22. The normalized spacial score (nSPS) is 19.8. The van der Waals surface area contributed by atoms with Crippen LogP contribution in [-0.4, -0.2) is 27.0 Å². The Bertz CT molecular complexity index is 987. The summed E-state index contributed by atoms with van der Waals surface area (Å²) < 4.78 is 6.49. The van der Waals surface area contributed by atoms with Gasteiger partial charge in [0.25, 0.3) is 5.91 Å². The molecule has 3 heterocycles. The third-order valence-electron chi connectivity index (χ3n) is 4.12. The molecule has 9 heteroatoms. The minimum absolute atomic E-state index is 0.0768. The monoisotopic (exact) mass is 432 g/mol. The molecule has 1 aliphatic heterocycles. The first-order valence-electron chi connectivity index (χ1n) is 7.75. The van der Waals surface area contributed by atoms with Crippen LogP contribution >= 0.6 is 27.3 Å². The number of halogens is 1. The minimum Gasteiger partial charge on any atom is -0.419 e. The summed E-state index contributed by atoms with van der Waals surface area (Å²) in [6.07, 6.45) is 0. The van der Waals surface area contributed by atoms with Crippen molar-refractivity contribution in [1.82, 2.24) is 20.4 Å². The van der Waals surface area contributed by atoms with E-state index in [1.807, 2.05) is 42.5 Å². The van der Waals surface area contributed by atoms with E-state index in [9.17, 15) is 9.59 Å². The van der Waals surface area contributed by atoms with Crippen molar-refractivity contribution in [2.24, 2.45) is 0 Å². The zero-order chi connectivity index (χ0) is 18.3. The number of hydrogen-bond donors (Lipinski definition) is 1. The van der Waals surface area contributed by atoms with Gasteiger partial charge in [-0.15, -0.1) is 21.5 Å². The van der Waals surface area contributed by atoms with E-state index < -0.39 is 11.6 Å². The predicted molar refractivity (Wildman–Crippen MR) is 98.2 cm³/mol. The summed E-state index contributed by atoms with van der Waals surface area (Å²) in [4.78, 5) is 27.1. The van der Waals surface area contributed by atoms with Crippen LogP contribution in [0.25, 0.3) is 11.5 Å². The third-order valence-corrected chi connectivity index (χ3v) is 5.97. The van der Waals surface area contributed by atoms with Gasteiger partial charge in [-0.3, -0.25) is 9.69 Å². The fourth-order valence-electron chi connectivity index (χ4n) is 2.74. The Morgan fingerprint density at radius 3 is 2.65 bits per heavy atom. The molecule has 4 rings (SSSR count). The number of aromatic nitrogens is 2. The quantitative estimate of drug-likeness (QED) is 0.636. The first-order chi connectivity index (χ1) is 12.5. The molecule has 3 aromatic rings. The van der Waals surface area contributed by atoms with E-state index in [0.717, 1.165) is 19.1 Å². The van der Waals surface area contributed by atoms with Gasteiger partial charge in [0.15, 0.2) is 5.54 Å². The maximum Gasteiger partial charge on any atom is 0.325 e. The van der Waals surface area contributed by atoms with E-state index in [1.54, 1.807) is 6.92 Å². The van der Waals surface area contributed by atoms with Gasteiger partial charge in [0.1, 0.15) is 6.54 Å². The molecule has 1 fully saturated rings. The van der Waals surface area contributed by atoms with Gasteiger partial charge in [0.2, 0.25) is 11.8 Å². The zero-order valence-electron chi connectivity index (χ0n) is 13.6. The van der Waals surface area contributed by atoms with Gasteiger partial charge >= 0.3 is 6.03 Å². The molecule has 26 heavy (non-hydrogen) atoms. The second-order valence-corrected chi connectivity index (χ2v) is 8.38. The lowest BCUT2D eigenvalue weighted by Gasteiger charge is -2.19. The Balaban J connectivity index is 1.57. The molecule has 0 aliphatic carbocycles. The summed E-state index contributed by atoms with van der Waals surface area (Å²) >= 11 is 4.78. The van der Waals surface area contributed by atoms with Crippen LogP contribution in [0.1, 0.15) is 17.7 Å². The highest BCUT2D eigenvalue weighted by Crippen LogP contribution is 2.36. The molecular formula is C17H13BrN4O3S.